The highest BCUT2D eigenvalue weighted by molar-refractivity contribution is 5.72. The van der Waals surface area contributed by atoms with Gasteiger partial charge in [0.1, 0.15) is 11.9 Å². The molecular formula is C10H12N2O3. The minimum atomic E-state index is -0.955. The molecule has 0 radical (unpaired) electrons. The van der Waals surface area contributed by atoms with Crippen molar-refractivity contribution in [3.63, 3.8) is 0 Å². The average molecular weight is 208 g/mol. The highest BCUT2D eigenvalue weighted by Crippen LogP contribution is 2.21. The smallest absolute Gasteiger partial charge is 0.326 e. The summed E-state index contributed by atoms with van der Waals surface area (Å²) >= 11 is 0. The van der Waals surface area contributed by atoms with Gasteiger partial charge in [0.15, 0.2) is 0 Å². The first-order valence-electron chi connectivity index (χ1n) is 4.91. The van der Waals surface area contributed by atoms with E-state index in [2.05, 4.69) is 4.98 Å². The second-order valence-electron chi connectivity index (χ2n) is 3.77. The fourth-order valence-corrected chi connectivity index (χ4v) is 1.99. The van der Waals surface area contributed by atoms with Crippen molar-refractivity contribution < 1.29 is 9.90 Å². The predicted molar refractivity (Wildman–Crippen MR) is 52.8 cm³/mol. The highest BCUT2D eigenvalue weighted by atomic mass is 16.4. The van der Waals surface area contributed by atoms with Gasteiger partial charge in [-0.1, -0.05) is 0 Å². The van der Waals surface area contributed by atoms with Gasteiger partial charge in [0.2, 0.25) is 0 Å². The first-order chi connectivity index (χ1) is 7.09. The number of nitrogens with zero attached hydrogens (tertiary/aromatic N) is 2. The van der Waals surface area contributed by atoms with Crippen LogP contribution >= 0.6 is 0 Å². The van der Waals surface area contributed by atoms with E-state index in [1.165, 1.54) is 10.6 Å². The third-order valence-electron chi connectivity index (χ3n) is 2.63. The van der Waals surface area contributed by atoms with E-state index in [4.69, 9.17) is 5.11 Å². The molecule has 0 fully saturated rings. The number of rotatable bonds is 1. The highest BCUT2D eigenvalue weighted by Gasteiger charge is 2.27. The van der Waals surface area contributed by atoms with Crippen LogP contribution in [0.15, 0.2) is 10.9 Å². The molecule has 1 aromatic rings. The zero-order chi connectivity index (χ0) is 11.0. The van der Waals surface area contributed by atoms with Gasteiger partial charge >= 0.3 is 5.97 Å². The lowest BCUT2D eigenvalue weighted by molar-refractivity contribution is -0.141. The number of aliphatic carboxylic acids is 1. The Morgan fingerprint density at radius 2 is 2.40 bits per heavy atom. The summed E-state index contributed by atoms with van der Waals surface area (Å²) in [6, 6.07) is 0.638. The second-order valence-corrected chi connectivity index (χ2v) is 3.77. The molecule has 1 aliphatic heterocycles. The topological polar surface area (TPSA) is 72.2 Å². The van der Waals surface area contributed by atoms with Crippen LogP contribution in [0.25, 0.3) is 0 Å². The van der Waals surface area contributed by atoms with Crippen molar-refractivity contribution in [3.8, 4) is 0 Å². The van der Waals surface area contributed by atoms with Crippen LogP contribution in [0.1, 0.15) is 30.4 Å². The van der Waals surface area contributed by atoms with Crippen molar-refractivity contribution in [3.05, 3.63) is 27.9 Å². The van der Waals surface area contributed by atoms with Crippen LogP contribution in [0.2, 0.25) is 0 Å². The van der Waals surface area contributed by atoms with Gasteiger partial charge in [-0.15, -0.1) is 0 Å². The summed E-state index contributed by atoms with van der Waals surface area (Å²) in [5.74, 6) is -0.359. The average Bonchev–Trinajstić information content (AvgIpc) is 2.16. The molecule has 1 unspecified atom stereocenters. The van der Waals surface area contributed by atoms with E-state index in [-0.39, 0.29) is 5.56 Å². The minimum Gasteiger partial charge on any atom is -0.480 e. The molecule has 1 aliphatic rings. The molecule has 5 nitrogen and oxygen atoms in total. The van der Waals surface area contributed by atoms with Crippen LogP contribution in [0.5, 0.6) is 0 Å². The first-order valence-corrected chi connectivity index (χ1v) is 4.91. The molecule has 0 amide bonds. The standard InChI is InChI=1S/C10H12N2O3/c1-6-5-9(13)12-7(10(14)15)3-2-4-8(12)11-6/h5,7H,2-4H2,1H3,(H,14,15). The molecule has 1 N–H and O–H groups in total. The van der Waals surface area contributed by atoms with E-state index < -0.39 is 12.0 Å². The summed E-state index contributed by atoms with van der Waals surface area (Å²) in [6.07, 6.45) is 1.96. The van der Waals surface area contributed by atoms with E-state index >= 15 is 0 Å². The molecule has 2 heterocycles. The monoisotopic (exact) mass is 208 g/mol. The van der Waals surface area contributed by atoms with Crippen molar-refractivity contribution in [1.29, 1.82) is 0 Å². The van der Waals surface area contributed by atoms with Crippen LogP contribution < -0.4 is 5.56 Å². The van der Waals surface area contributed by atoms with Gasteiger partial charge in [-0.2, -0.15) is 0 Å². The lowest BCUT2D eigenvalue weighted by Gasteiger charge is -2.23. The number of fused-ring (bicyclic) bond motifs is 1. The van der Waals surface area contributed by atoms with Crippen LogP contribution in [0.4, 0.5) is 0 Å². The summed E-state index contributed by atoms with van der Waals surface area (Å²) in [5, 5.41) is 8.99. The Morgan fingerprint density at radius 1 is 1.67 bits per heavy atom. The van der Waals surface area contributed by atoms with Crippen molar-refractivity contribution in [2.45, 2.75) is 32.2 Å². The molecule has 0 bridgehead atoms. The number of carboxylic acid groups (broad SMARTS) is 1. The fourth-order valence-electron chi connectivity index (χ4n) is 1.99. The molecule has 2 rings (SSSR count). The largest absolute Gasteiger partial charge is 0.480 e. The molecular weight excluding hydrogens is 196 g/mol. The number of hydrogen-bond acceptors (Lipinski definition) is 3. The molecule has 0 aromatic carbocycles. The van der Waals surface area contributed by atoms with E-state index in [0.29, 0.717) is 24.4 Å². The molecule has 80 valence electrons. The summed E-state index contributed by atoms with van der Waals surface area (Å²) in [6.45, 7) is 1.74. The normalized spacial score (nSPS) is 19.7. The summed E-state index contributed by atoms with van der Waals surface area (Å²) in [7, 11) is 0. The van der Waals surface area contributed by atoms with Gasteiger partial charge in [-0.25, -0.2) is 9.78 Å². The Kier molecular flexibility index (Phi) is 2.30. The zero-order valence-corrected chi connectivity index (χ0v) is 8.43. The van der Waals surface area contributed by atoms with Gasteiger partial charge in [0.25, 0.3) is 5.56 Å². The molecule has 0 aliphatic carbocycles. The third kappa shape index (κ3) is 1.65. The van der Waals surface area contributed by atoms with Gasteiger partial charge in [-0.05, 0) is 19.8 Å². The van der Waals surface area contributed by atoms with E-state index in [9.17, 15) is 9.59 Å². The SMILES string of the molecule is Cc1cc(=O)n2c(n1)CCCC2C(=O)O. The lowest BCUT2D eigenvalue weighted by Crippen LogP contribution is -2.36. The first kappa shape index (κ1) is 9.89. The van der Waals surface area contributed by atoms with Crippen LogP contribution in [0, 0.1) is 6.92 Å². The Bertz CT molecular complexity index is 464. The maximum atomic E-state index is 11.7. The Hall–Kier alpha value is -1.65. The molecule has 1 atom stereocenters. The molecule has 0 spiro atoms. The maximum Gasteiger partial charge on any atom is 0.326 e. The number of carboxylic acids is 1. The predicted octanol–water partition coefficient (Wildman–Crippen LogP) is 0.514. The minimum absolute atomic E-state index is 0.260. The van der Waals surface area contributed by atoms with Crippen molar-refractivity contribution >= 4 is 5.97 Å². The third-order valence-corrected chi connectivity index (χ3v) is 2.63. The van der Waals surface area contributed by atoms with E-state index in [1.807, 2.05) is 0 Å². The van der Waals surface area contributed by atoms with Gasteiger partial charge < -0.3 is 5.11 Å². The zero-order valence-electron chi connectivity index (χ0n) is 8.43. The van der Waals surface area contributed by atoms with Crippen LogP contribution in [-0.2, 0) is 11.2 Å². The number of hydrogen-bond donors (Lipinski definition) is 1. The Labute approximate surface area is 86.4 Å². The Morgan fingerprint density at radius 3 is 3.07 bits per heavy atom. The molecule has 0 saturated heterocycles. The lowest BCUT2D eigenvalue weighted by atomic mass is 10.0. The van der Waals surface area contributed by atoms with Crippen molar-refractivity contribution in [2.24, 2.45) is 0 Å². The van der Waals surface area contributed by atoms with Crippen LogP contribution in [0.3, 0.4) is 0 Å². The molecule has 5 heteroatoms. The molecule has 1 aromatic heterocycles. The van der Waals surface area contributed by atoms with Gasteiger partial charge in [-0.3, -0.25) is 9.36 Å². The summed E-state index contributed by atoms with van der Waals surface area (Å²) in [4.78, 5) is 26.8. The molecule has 0 saturated carbocycles. The summed E-state index contributed by atoms with van der Waals surface area (Å²) < 4.78 is 1.30. The van der Waals surface area contributed by atoms with Gasteiger partial charge in [0.05, 0.1) is 0 Å². The number of carbonyl (C=O) groups is 1. The van der Waals surface area contributed by atoms with Crippen LogP contribution in [-0.4, -0.2) is 20.6 Å². The quantitative estimate of drug-likeness (QED) is 0.730. The van der Waals surface area contributed by atoms with E-state index in [1.54, 1.807) is 6.92 Å². The van der Waals surface area contributed by atoms with E-state index in [0.717, 1.165) is 6.42 Å². The van der Waals surface area contributed by atoms with Crippen molar-refractivity contribution in [2.75, 3.05) is 0 Å². The number of aryl methyl sites for hydroxylation is 2. The second kappa shape index (κ2) is 3.49. The Balaban J connectivity index is 2.61. The summed E-state index contributed by atoms with van der Waals surface area (Å²) in [5.41, 5.74) is 0.391. The molecule has 15 heavy (non-hydrogen) atoms. The maximum absolute atomic E-state index is 11.7. The van der Waals surface area contributed by atoms with Gasteiger partial charge in [0, 0.05) is 18.2 Å². The fraction of sp³-hybridized carbons (Fsp3) is 0.500. The number of aromatic nitrogens is 2. The van der Waals surface area contributed by atoms with Crippen molar-refractivity contribution in [1.82, 2.24) is 9.55 Å².